The Morgan fingerprint density at radius 2 is 2.16 bits per heavy atom. The number of amides is 1. The molecule has 1 aromatic rings. The molecule has 0 fully saturated rings. The Labute approximate surface area is 119 Å². The molecule has 1 amide bonds. The van der Waals surface area contributed by atoms with Gasteiger partial charge in [-0.15, -0.1) is 0 Å². The van der Waals surface area contributed by atoms with E-state index in [1.54, 1.807) is 18.2 Å². The molecule has 0 unspecified atom stereocenters. The lowest BCUT2D eigenvalue weighted by Crippen LogP contribution is -2.42. The van der Waals surface area contributed by atoms with Crippen molar-refractivity contribution in [3.63, 3.8) is 0 Å². The SMILES string of the molecule is CCC(C)(C)NC(=O)c1ccc(C#CCN)c(Cl)c1. The average molecular weight is 279 g/mol. The van der Waals surface area contributed by atoms with Crippen LogP contribution in [0.15, 0.2) is 18.2 Å². The number of benzene rings is 1. The summed E-state index contributed by atoms with van der Waals surface area (Å²) in [6.07, 6.45) is 0.854. The molecule has 0 heterocycles. The van der Waals surface area contributed by atoms with Crippen molar-refractivity contribution in [3.05, 3.63) is 34.3 Å². The van der Waals surface area contributed by atoms with Crippen molar-refractivity contribution in [1.29, 1.82) is 0 Å². The van der Waals surface area contributed by atoms with E-state index in [9.17, 15) is 4.79 Å². The van der Waals surface area contributed by atoms with Crippen LogP contribution in [0.2, 0.25) is 5.02 Å². The zero-order chi connectivity index (χ0) is 14.5. The van der Waals surface area contributed by atoms with Crippen molar-refractivity contribution in [2.24, 2.45) is 5.73 Å². The van der Waals surface area contributed by atoms with Gasteiger partial charge in [0.05, 0.1) is 11.6 Å². The van der Waals surface area contributed by atoms with E-state index in [0.717, 1.165) is 6.42 Å². The standard InChI is InChI=1S/C15H19ClN2O/c1-4-15(2,3)18-14(19)12-8-7-11(6-5-9-17)13(16)10-12/h7-8,10H,4,9,17H2,1-3H3,(H,18,19). The van der Waals surface area contributed by atoms with E-state index in [0.29, 0.717) is 16.1 Å². The second-order valence-electron chi connectivity index (χ2n) is 4.89. The van der Waals surface area contributed by atoms with Crippen LogP contribution in [0.5, 0.6) is 0 Å². The van der Waals surface area contributed by atoms with Gasteiger partial charge >= 0.3 is 0 Å². The summed E-state index contributed by atoms with van der Waals surface area (Å²) in [5.74, 6) is 5.46. The molecular weight excluding hydrogens is 260 g/mol. The average Bonchev–Trinajstić information content (AvgIpc) is 2.36. The highest BCUT2D eigenvalue weighted by Crippen LogP contribution is 2.18. The molecule has 19 heavy (non-hydrogen) atoms. The highest BCUT2D eigenvalue weighted by atomic mass is 35.5. The Balaban J connectivity index is 2.92. The van der Waals surface area contributed by atoms with Crippen LogP contribution in [0.1, 0.15) is 43.1 Å². The van der Waals surface area contributed by atoms with Crippen molar-refractivity contribution in [2.45, 2.75) is 32.7 Å². The van der Waals surface area contributed by atoms with E-state index in [2.05, 4.69) is 17.2 Å². The number of nitrogens with two attached hydrogens (primary N) is 1. The van der Waals surface area contributed by atoms with Gasteiger partial charge in [-0.2, -0.15) is 0 Å². The first kappa shape index (κ1) is 15.6. The topological polar surface area (TPSA) is 55.1 Å². The van der Waals surface area contributed by atoms with Crippen LogP contribution in [0.4, 0.5) is 0 Å². The van der Waals surface area contributed by atoms with Crippen molar-refractivity contribution in [1.82, 2.24) is 5.32 Å². The molecule has 0 radical (unpaired) electrons. The molecule has 3 N–H and O–H groups in total. The lowest BCUT2D eigenvalue weighted by atomic mass is 10.0. The zero-order valence-electron chi connectivity index (χ0n) is 11.5. The number of nitrogens with one attached hydrogen (secondary N) is 1. The smallest absolute Gasteiger partial charge is 0.251 e. The Hall–Kier alpha value is -1.50. The molecule has 3 nitrogen and oxygen atoms in total. The van der Waals surface area contributed by atoms with E-state index in [1.807, 2.05) is 20.8 Å². The molecule has 1 rings (SSSR count). The third-order valence-corrected chi connectivity index (χ3v) is 3.20. The first-order valence-corrected chi connectivity index (χ1v) is 6.58. The minimum Gasteiger partial charge on any atom is -0.347 e. The normalized spacial score (nSPS) is 10.6. The summed E-state index contributed by atoms with van der Waals surface area (Å²) < 4.78 is 0. The Morgan fingerprint density at radius 1 is 1.47 bits per heavy atom. The Morgan fingerprint density at radius 3 is 2.68 bits per heavy atom. The molecule has 0 saturated carbocycles. The molecule has 1 aromatic carbocycles. The lowest BCUT2D eigenvalue weighted by Gasteiger charge is -2.24. The zero-order valence-corrected chi connectivity index (χ0v) is 12.3. The van der Waals surface area contributed by atoms with Crippen LogP contribution in [0.3, 0.4) is 0 Å². The van der Waals surface area contributed by atoms with Gasteiger partial charge in [0, 0.05) is 16.7 Å². The van der Waals surface area contributed by atoms with Crippen molar-refractivity contribution in [2.75, 3.05) is 6.54 Å². The van der Waals surface area contributed by atoms with Gasteiger partial charge in [-0.3, -0.25) is 4.79 Å². The lowest BCUT2D eigenvalue weighted by molar-refractivity contribution is 0.0911. The molecule has 0 atom stereocenters. The van der Waals surface area contributed by atoms with Gasteiger partial charge in [-0.05, 0) is 38.5 Å². The first-order valence-electron chi connectivity index (χ1n) is 6.20. The number of hydrogen-bond acceptors (Lipinski definition) is 2. The fraction of sp³-hybridized carbons (Fsp3) is 0.400. The van der Waals surface area contributed by atoms with Crippen LogP contribution >= 0.6 is 11.6 Å². The van der Waals surface area contributed by atoms with E-state index < -0.39 is 0 Å². The summed E-state index contributed by atoms with van der Waals surface area (Å²) in [6, 6.07) is 5.08. The maximum absolute atomic E-state index is 12.1. The molecule has 0 aliphatic heterocycles. The summed E-state index contributed by atoms with van der Waals surface area (Å²) in [4.78, 5) is 12.1. The van der Waals surface area contributed by atoms with Gasteiger partial charge in [0.15, 0.2) is 0 Å². The molecule has 0 spiro atoms. The number of carbonyl (C=O) groups is 1. The third-order valence-electron chi connectivity index (χ3n) is 2.89. The minimum absolute atomic E-state index is 0.132. The highest BCUT2D eigenvalue weighted by Gasteiger charge is 2.19. The van der Waals surface area contributed by atoms with Gasteiger partial charge in [0.1, 0.15) is 0 Å². The van der Waals surface area contributed by atoms with Gasteiger partial charge in [-0.25, -0.2) is 0 Å². The molecule has 0 saturated heterocycles. The molecule has 0 aliphatic rings. The molecular formula is C15H19ClN2O. The summed E-state index contributed by atoms with van der Waals surface area (Å²) in [6.45, 7) is 6.27. The van der Waals surface area contributed by atoms with Crippen LogP contribution in [-0.4, -0.2) is 18.0 Å². The van der Waals surface area contributed by atoms with Crippen LogP contribution in [0.25, 0.3) is 0 Å². The third kappa shape index (κ3) is 4.59. The fourth-order valence-corrected chi connectivity index (χ4v) is 1.60. The molecule has 4 heteroatoms. The predicted octanol–water partition coefficient (Wildman–Crippen LogP) is 2.57. The molecule has 102 valence electrons. The minimum atomic E-state index is -0.235. The second-order valence-corrected chi connectivity index (χ2v) is 5.30. The molecule has 0 aliphatic carbocycles. The molecule has 0 aromatic heterocycles. The number of hydrogen-bond donors (Lipinski definition) is 2. The van der Waals surface area contributed by atoms with Crippen molar-refractivity contribution in [3.8, 4) is 11.8 Å². The quantitative estimate of drug-likeness (QED) is 0.835. The van der Waals surface area contributed by atoms with Crippen molar-refractivity contribution >= 4 is 17.5 Å². The molecule has 0 bridgehead atoms. The van der Waals surface area contributed by atoms with E-state index in [1.165, 1.54) is 0 Å². The summed E-state index contributed by atoms with van der Waals surface area (Å²) in [7, 11) is 0. The van der Waals surface area contributed by atoms with Crippen LogP contribution in [0, 0.1) is 11.8 Å². The van der Waals surface area contributed by atoms with Gasteiger partial charge in [-0.1, -0.05) is 30.4 Å². The number of rotatable bonds is 3. The van der Waals surface area contributed by atoms with E-state index in [-0.39, 0.29) is 18.0 Å². The highest BCUT2D eigenvalue weighted by molar-refractivity contribution is 6.32. The largest absolute Gasteiger partial charge is 0.347 e. The van der Waals surface area contributed by atoms with Gasteiger partial charge < -0.3 is 11.1 Å². The maximum Gasteiger partial charge on any atom is 0.251 e. The summed E-state index contributed by atoms with van der Waals surface area (Å²) in [5, 5.41) is 3.42. The van der Waals surface area contributed by atoms with E-state index >= 15 is 0 Å². The van der Waals surface area contributed by atoms with Crippen LogP contribution in [-0.2, 0) is 0 Å². The van der Waals surface area contributed by atoms with Gasteiger partial charge in [0.25, 0.3) is 5.91 Å². The number of halogens is 1. The first-order chi connectivity index (χ1) is 8.89. The Kier molecular flexibility index (Phi) is 5.41. The van der Waals surface area contributed by atoms with Gasteiger partial charge in [0.2, 0.25) is 0 Å². The maximum atomic E-state index is 12.1. The Bertz CT molecular complexity index is 527. The summed E-state index contributed by atoms with van der Waals surface area (Å²) >= 11 is 6.09. The van der Waals surface area contributed by atoms with Crippen LogP contribution < -0.4 is 11.1 Å². The summed E-state index contributed by atoms with van der Waals surface area (Å²) in [5.41, 5.74) is 6.29. The number of carbonyl (C=O) groups excluding carboxylic acids is 1. The van der Waals surface area contributed by atoms with E-state index in [4.69, 9.17) is 17.3 Å². The van der Waals surface area contributed by atoms with Crippen molar-refractivity contribution < 1.29 is 4.79 Å². The predicted molar refractivity (Wildman–Crippen MR) is 79.2 cm³/mol. The fourth-order valence-electron chi connectivity index (χ4n) is 1.37. The monoisotopic (exact) mass is 278 g/mol. The second kappa shape index (κ2) is 6.60.